The molecule has 19 heteroatoms. The van der Waals surface area contributed by atoms with Gasteiger partial charge in [-0.25, -0.2) is 9.13 Å². The first kappa shape index (κ1) is 99.5. The first-order chi connectivity index (χ1) is 49.6. The van der Waals surface area contributed by atoms with E-state index in [2.05, 4.69) is 58.9 Å². The van der Waals surface area contributed by atoms with Gasteiger partial charge in [0, 0.05) is 25.7 Å². The highest BCUT2D eigenvalue weighted by Gasteiger charge is 2.30. The number of esters is 4. The zero-order chi connectivity index (χ0) is 74.8. The molecule has 0 aromatic carbocycles. The highest BCUT2D eigenvalue weighted by molar-refractivity contribution is 7.47. The van der Waals surface area contributed by atoms with E-state index in [9.17, 15) is 43.2 Å². The lowest BCUT2D eigenvalue weighted by Gasteiger charge is -2.21. The smallest absolute Gasteiger partial charge is 0.462 e. The van der Waals surface area contributed by atoms with Gasteiger partial charge >= 0.3 is 39.5 Å². The number of hydrogen-bond donors (Lipinski definition) is 3. The van der Waals surface area contributed by atoms with Gasteiger partial charge in [0.05, 0.1) is 26.4 Å². The van der Waals surface area contributed by atoms with Crippen LogP contribution in [0.5, 0.6) is 0 Å². The molecule has 0 aliphatic heterocycles. The first-order valence-electron chi connectivity index (χ1n) is 42.5. The Bertz CT molecular complexity index is 2040. The minimum atomic E-state index is -4.97. The number of hydrogen-bond acceptors (Lipinski definition) is 15. The van der Waals surface area contributed by atoms with E-state index in [1.54, 1.807) is 0 Å². The van der Waals surface area contributed by atoms with Crippen LogP contribution in [-0.2, 0) is 65.4 Å². The highest BCUT2D eigenvalue weighted by atomic mass is 31.2. The molecule has 0 spiro atoms. The third kappa shape index (κ3) is 74.4. The Hall–Kier alpha value is -2.46. The van der Waals surface area contributed by atoms with Crippen molar-refractivity contribution in [3.05, 3.63) is 24.3 Å². The van der Waals surface area contributed by atoms with Crippen molar-refractivity contribution in [2.24, 2.45) is 5.92 Å². The summed E-state index contributed by atoms with van der Waals surface area (Å²) in [6.45, 7) is 7.30. The van der Waals surface area contributed by atoms with E-state index < -0.39 is 97.5 Å². The number of ether oxygens (including phenoxy) is 4. The summed E-state index contributed by atoms with van der Waals surface area (Å²) in [6, 6.07) is 0. The number of phosphoric acid groups is 2. The summed E-state index contributed by atoms with van der Waals surface area (Å²) in [5.74, 6) is -1.27. The van der Waals surface area contributed by atoms with Gasteiger partial charge in [0.1, 0.15) is 19.3 Å². The number of unbranched alkanes of at least 4 members (excludes halogenated alkanes) is 49. The second-order valence-electron chi connectivity index (χ2n) is 29.4. The van der Waals surface area contributed by atoms with E-state index in [1.807, 2.05) is 0 Å². The molecule has 0 saturated heterocycles. The van der Waals surface area contributed by atoms with E-state index in [1.165, 1.54) is 218 Å². The standard InChI is InChI=1S/C83H158O17P2/c1-6-10-13-16-19-21-23-25-27-28-32-36-39-43-47-52-57-62-67-81(86)94-73-79(100-83(88)69-64-59-54-49-45-41-37-33-30-29-31-35-38-42-46-51-55-60-65-76(5)9-4)75-98-102(91,92)96-71-77(84)70-95-101(89,90)97-74-78(72-93-80(85)66-61-56-50-18-15-12-8-3)99-82(87)68-63-58-53-48-44-40-34-26-24-22-20-17-14-11-7-2/h22,24,26,34,76-79,84H,6-21,23,25,27-33,35-75H2,1-5H3,(H,89,90)(H,91,92)/b24-22-,34-26-/t76?,77-,78+,79+/m0/s1. The van der Waals surface area contributed by atoms with Crippen LogP contribution < -0.4 is 0 Å². The van der Waals surface area contributed by atoms with Crippen LogP contribution in [0.2, 0.25) is 0 Å². The van der Waals surface area contributed by atoms with Gasteiger partial charge < -0.3 is 33.8 Å². The van der Waals surface area contributed by atoms with Crippen LogP contribution in [0, 0.1) is 5.92 Å². The van der Waals surface area contributed by atoms with Crippen molar-refractivity contribution in [2.45, 2.75) is 438 Å². The van der Waals surface area contributed by atoms with E-state index in [0.717, 1.165) is 121 Å². The molecule has 0 aromatic heterocycles. The molecule has 17 nitrogen and oxygen atoms in total. The van der Waals surface area contributed by atoms with Crippen molar-refractivity contribution in [1.29, 1.82) is 0 Å². The summed E-state index contributed by atoms with van der Waals surface area (Å²) in [7, 11) is -9.93. The average Bonchev–Trinajstić information content (AvgIpc) is 0.914. The van der Waals surface area contributed by atoms with E-state index in [-0.39, 0.29) is 25.7 Å². The molecular formula is C83H158O17P2. The van der Waals surface area contributed by atoms with Crippen molar-refractivity contribution >= 4 is 39.5 Å². The van der Waals surface area contributed by atoms with Crippen LogP contribution in [0.25, 0.3) is 0 Å². The zero-order valence-electron chi connectivity index (χ0n) is 66.2. The second kappa shape index (κ2) is 75.4. The van der Waals surface area contributed by atoms with Gasteiger partial charge in [-0.15, -0.1) is 0 Å². The summed E-state index contributed by atoms with van der Waals surface area (Å²) in [6.07, 6.45) is 70.4. The Morgan fingerprint density at radius 3 is 0.833 bits per heavy atom. The van der Waals surface area contributed by atoms with Gasteiger partial charge in [-0.3, -0.25) is 37.3 Å². The fourth-order valence-corrected chi connectivity index (χ4v) is 13.9. The molecule has 0 aliphatic carbocycles. The summed E-state index contributed by atoms with van der Waals surface area (Å²) in [4.78, 5) is 72.9. The molecule has 602 valence electrons. The predicted molar refractivity (Wildman–Crippen MR) is 418 cm³/mol. The van der Waals surface area contributed by atoms with Crippen molar-refractivity contribution in [3.8, 4) is 0 Å². The van der Waals surface area contributed by atoms with Gasteiger partial charge in [-0.2, -0.15) is 0 Å². The maximum Gasteiger partial charge on any atom is 0.472 e. The Kier molecular flexibility index (Phi) is 73.5. The number of carbonyl (C=O) groups is 4. The van der Waals surface area contributed by atoms with Crippen LogP contribution in [0.15, 0.2) is 24.3 Å². The Balaban J connectivity index is 5.19. The Morgan fingerprint density at radius 2 is 0.549 bits per heavy atom. The molecule has 0 fully saturated rings. The van der Waals surface area contributed by atoms with E-state index in [4.69, 9.17) is 37.0 Å². The number of aliphatic hydroxyl groups excluding tert-OH is 1. The molecule has 0 radical (unpaired) electrons. The largest absolute Gasteiger partial charge is 0.472 e. The molecule has 0 bridgehead atoms. The molecular weight excluding hydrogens is 1330 g/mol. The van der Waals surface area contributed by atoms with Crippen LogP contribution in [0.1, 0.15) is 420 Å². The molecule has 0 aliphatic rings. The number of phosphoric ester groups is 2. The molecule has 3 unspecified atom stereocenters. The second-order valence-corrected chi connectivity index (χ2v) is 32.3. The molecule has 0 aromatic rings. The quantitative estimate of drug-likeness (QED) is 0.0169. The summed E-state index contributed by atoms with van der Waals surface area (Å²) < 4.78 is 68.6. The lowest BCUT2D eigenvalue weighted by atomic mass is 9.99. The minimum absolute atomic E-state index is 0.0851. The van der Waals surface area contributed by atoms with Crippen LogP contribution in [0.4, 0.5) is 0 Å². The lowest BCUT2D eigenvalue weighted by Crippen LogP contribution is -2.30. The van der Waals surface area contributed by atoms with Gasteiger partial charge in [0.15, 0.2) is 12.2 Å². The highest BCUT2D eigenvalue weighted by Crippen LogP contribution is 2.45. The predicted octanol–water partition coefficient (Wildman–Crippen LogP) is 24.8. The normalized spacial score (nSPS) is 14.2. The van der Waals surface area contributed by atoms with E-state index >= 15 is 0 Å². The van der Waals surface area contributed by atoms with Crippen molar-refractivity contribution < 1.29 is 80.2 Å². The minimum Gasteiger partial charge on any atom is -0.462 e. The molecule has 3 N–H and O–H groups in total. The van der Waals surface area contributed by atoms with Crippen LogP contribution >= 0.6 is 15.6 Å². The van der Waals surface area contributed by atoms with Gasteiger partial charge in [0.25, 0.3) is 0 Å². The van der Waals surface area contributed by atoms with E-state index in [0.29, 0.717) is 25.7 Å². The fourth-order valence-electron chi connectivity index (χ4n) is 12.4. The number of carbonyl (C=O) groups excluding carboxylic acids is 4. The lowest BCUT2D eigenvalue weighted by molar-refractivity contribution is -0.161. The maximum absolute atomic E-state index is 13.1. The molecule has 0 amide bonds. The molecule has 0 heterocycles. The molecule has 0 rings (SSSR count). The van der Waals surface area contributed by atoms with Crippen LogP contribution in [0.3, 0.4) is 0 Å². The number of aliphatic hydroxyl groups is 1. The van der Waals surface area contributed by atoms with Crippen LogP contribution in [-0.4, -0.2) is 96.7 Å². The third-order valence-electron chi connectivity index (χ3n) is 19.3. The van der Waals surface area contributed by atoms with Gasteiger partial charge in [-0.1, -0.05) is 367 Å². The fraction of sp³-hybridized carbons (Fsp3) is 0.904. The maximum atomic E-state index is 13.1. The third-order valence-corrected chi connectivity index (χ3v) is 21.2. The number of allylic oxidation sites excluding steroid dienone is 4. The Labute approximate surface area is 624 Å². The van der Waals surface area contributed by atoms with Crippen molar-refractivity contribution in [1.82, 2.24) is 0 Å². The van der Waals surface area contributed by atoms with Gasteiger partial charge in [0.2, 0.25) is 0 Å². The summed E-state index contributed by atoms with van der Waals surface area (Å²) in [5, 5.41) is 10.6. The molecule has 0 saturated carbocycles. The summed E-state index contributed by atoms with van der Waals surface area (Å²) in [5.41, 5.74) is 0. The topological polar surface area (TPSA) is 237 Å². The molecule has 102 heavy (non-hydrogen) atoms. The Morgan fingerprint density at radius 1 is 0.314 bits per heavy atom. The zero-order valence-corrected chi connectivity index (χ0v) is 68.0. The van der Waals surface area contributed by atoms with Gasteiger partial charge in [-0.05, 0) is 57.3 Å². The molecule has 6 atom stereocenters. The average molecular weight is 1490 g/mol. The first-order valence-corrected chi connectivity index (χ1v) is 45.5. The van der Waals surface area contributed by atoms with Crippen molar-refractivity contribution in [3.63, 3.8) is 0 Å². The summed E-state index contributed by atoms with van der Waals surface area (Å²) >= 11 is 0. The van der Waals surface area contributed by atoms with Crippen molar-refractivity contribution in [2.75, 3.05) is 39.6 Å². The SMILES string of the molecule is CCCCCC/C=C\C=C/CCCCCCCC(=O)O[C@H](COC(=O)CCCCCCCCC)COP(=O)(O)OC[C@H](O)COP(=O)(O)OC[C@@H](COC(=O)CCCCCCCCCCCCCCCCCCCC)OC(=O)CCCCCCCCCCCCCCCCCCCCC(C)CC. The number of rotatable bonds is 81. The monoisotopic (exact) mass is 1490 g/mol.